The molecule has 0 bridgehead atoms. The largest absolute Gasteiger partial charge is 0.320 e. The summed E-state index contributed by atoms with van der Waals surface area (Å²) in [4.78, 5) is 0. The Morgan fingerprint density at radius 2 is 1.83 bits per heavy atom. The van der Waals surface area contributed by atoms with Gasteiger partial charge >= 0.3 is 0 Å². The van der Waals surface area contributed by atoms with Crippen molar-refractivity contribution in [2.24, 2.45) is 11.8 Å². The first-order valence-corrected chi connectivity index (χ1v) is 9.18. The van der Waals surface area contributed by atoms with Crippen molar-refractivity contribution >= 4 is 0 Å². The SMILES string of the molecule is C.C=CCc1ccc(CCCC(CC)C(CC)CCNC)c(F)c1. The van der Waals surface area contributed by atoms with Gasteiger partial charge in [-0.3, -0.25) is 0 Å². The maximum Gasteiger partial charge on any atom is 0.126 e. The van der Waals surface area contributed by atoms with Gasteiger partial charge in [0.1, 0.15) is 5.82 Å². The molecule has 0 spiro atoms. The minimum atomic E-state index is -0.0559. The van der Waals surface area contributed by atoms with Gasteiger partial charge < -0.3 is 5.32 Å². The van der Waals surface area contributed by atoms with Crippen molar-refractivity contribution in [3.63, 3.8) is 0 Å². The van der Waals surface area contributed by atoms with E-state index in [2.05, 4.69) is 25.7 Å². The number of rotatable bonds is 12. The van der Waals surface area contributed by atoms with E-state index in [4.69, 9.17) is 0 Å². The fourth-order valence-corrected chi connectivity index (χ4v) is 3.52. The van der Waals surface area contributed by atoms with Gasteiger partial charge in [-0.1, -0.05) is 52.3 Å². The van der Waals surface area contributed by atoms with Gasteiger partial charge in [0, 0.05) is 0 Å². The zero-order valence-corrected chi connectivity index (χ0v) is 15.2. The average molecular weight is 336 g/mol. The highest BCUT2D eigenvalue weighted by Crippen LogP contribution is 2.27. The van der Waals surface area contributed by atoms with Crippen LogP contribution in [0.2, 0.25) is 0 Å². The monoisotopic (exact) mass is 335 g/mol. The van der Waals surface area contributed by atoms with Crippen molar-refractivity contribution < 1.29 is 4.39 Å². The minimum Gasteiger partial charge on any atom is -0.320 e. The molecular weight excluding hydrogens is 297 g/mol. The lowest BCUT2D eigenvalue weighted by Crippen LogP contribution is -2.19. The van der Waals surface area contributed by atoms with E-state index >= 15 is 0 Å². The van der Waals surface area contributed by atoms with Gasteiger partial charge in [0.05, 0.1) is 0 Å². The topological polar surface area (TPSA) is 12.0 Å². The number of hydrogen-bond donors (Lipinski definition) is 1. The third kappa shape index (κ3) is 7.61. The number of aryl methyl sites for hydroxylation is 1. The van der Waals surface area contributed by atoms with Crippen LogP contribution in [0.1, 0.15) is 64.5 Å². The fourth-order valence-electron chi connectivity index (χ4n) is 3.52. The summed E-state index contributed by atoms with van der Waals surface area (Å²) in [7, 11) is 2.02. The highest BCUT2D eigenvalue weighted by molar-refractivity contribution is 5.25. The summed E-state index contributed by atoms with van der Waals surface area (Å²) in [5.41, 5.74) is 1.86. The molecule has 0 fully saturated rings. The molecule has 2 atom stereocenters. The van der Waals surface area contributed by atoms with E-state index in [-0.39, 0.29) is 13.2 Å². The van der Waals surface area contributed by atoms with E-state index in [1.807, 2.05) is 25.3 Å². The van der Waals surface area contributed by atoms with Crippen molar-refractivity contribution in [3.8, 4) is 0 Å². The fraction of sp³-hybridized carbons (Fsp3) is 0.636. The van der Waals surface area contributed by atoms with E-state index in [0.717, 1.165) is 48.8 Å². The van der Waals surface area contributed by atoms with Crippen LogP contribution < -0.4 is 5.32 Å². The molecule has 0 heterocycles. The molecule has 0 aliphatic rings. The Morgan fingerprint density at radius 1 is 1.17 bits per heavy atom. The molecule has 0 saturated heterocycles. The zero-order chi connectivity index (χ0) is 17.1. The number of halogens is 1. The molecule has 1 aromatic rings. The van der Waals surface area contributed by atoms with Gasteiger partial charge in [0.25, 0.3) is 0 Å². The third-order valence-electron chi connectivity index (χ3n) is 5.00. The molecule has 1 aromatic carbocycles. The first-order valence-electron chi connectivity index (χ1n) is 9.18. The van der Waals surface area contributed by atoms with Crippen molar-refractivity contribution in [3.05, 3.63) is 47.8 Å². The van der Waals surface area contributed by atoms with Crippen LogP contribution in [-0.4, -0.2) is 13.6 Å². The van der Waals surface area contributed by atoms with Crippen LogP contribution >= 0.6 is 0 Å². The second-order valence-electron chi connectivity index (χ2n) is 6.54. The van der Waals surface area contributed by atoms with Gasteiger partial charge in [-0.15, -0.1) is 6.58 Å². The molecule has 0 radical (unpaired) electrons. The van der Waals surface area contributed by atoms with Crippen molar-refractivity contribution in [1.29, 1.82) is 0 Å². The Balaban J connectivity index is 0.00000529. The summed E-state index contributed by atoms with van der Waals surface area (Å²) in [5, 5.41) is 3.26. The van der Waals surface area contributed by atoms with Gasteiger partial charge in [0.2, 0.25) is 0 Å². The van der Waals surface area contributed by atoms with Crippen molar-refractivity contribution in [1.82, 2.24) is 5.32 Å². The standard InChI is InChI=1S/C21H34FN.CH4/c1-5-9-17-12-13-20(21(22)16-17)11-8-10-18(6-2)19(7-3)14-15-23-4;/h5,12-13,16,18-19,23H,1,6-11,14-15H2,2-4H3;1H4. The summed E-state index contributed by atoms with van der Waals surface area (Å²) < 4.78 is 14.1. The smallest absolute Gasteiger partial charge is 0.126 e. The summed E-state index contributed by atoms with van der Waals surface area (Å²) >= 11 is 0. The summed E-state index contributed by atoms with van der Waals surface area (Å²) in [6, 6.07) is 5.64. The Labute approximate surface area is 149 Å². The van der Waals surface area contributed by atoms with E-state index in [0.29, 0.717) is 0 Å². The minimum absolute atomic E-state index is 0. The van der Waals surface area contributed by atoms with E-state index in [9.17, 15) is 4.39 Å². The van der Waals surface area contributed by atoms with Crippen LogP contribution in [0.25, 0.3) is 0 Å². The molecule has 1 nitrogen and oxygen atoms in total. The quantitative estimate of drug-likeness (QED) is 0.450. The van der Waals surface area contributed by atoms with Crippen LogP contribution in [0.3, 0.4) is 0 Å². The maximum atomic E-state index is 14.1. The second-order valence-corrected chi connectivity index (χ2v) is 6.54. The molecule has 0 amide bonds. The second kappa shape index (κ2) is 13.2. The molecule has 2 unspecified atom stereocenters. The highest BCUT2D eigenvalue weighted by Gasteiger charge is 2.17. The van der Waals surface area contributed by atoms with Crippen LogP contribution in [0, 0.1) is 17.7 Å². The van der Waals surface area contributed by atoms with Crippen LogP contribution in [0.15, 0.2) is 30.9 Å². The molecule has 1 rings (SSSR count). The number of allylic oxidation sites excluding steroid dienone is 1. The van der Waals surface area contributed by atoms with Crippen molar-refractivity contribution in [2.45, 2.75) is 66.2 Å². The van der Waals surface area contributed by atoms with Gasteiger partial charge in [-0.2, -0.15) is 0 Å². The third-order valence-corrected chi connectivity index (χ3v) is 5.00. The molecule has 0 aromatic heterocycles. The Bertz CT molecular complexity index is 455. The predicted molar refractivity (Wildman–Crippen MR) is 106 cm³/mol. The highest BCUT2D eigenvalue weighted by atomic mass is 19.1. The lowest BCUT2D eigenvalue weighted by molar-refractivity contribution is 0.272. The summed E-state index contributed by atoms with van der Waals surface area (Å²) in [5.74, 6) is 1.49. The number of nitrogens with one attached hydrogen (secondary N) is 1. The van der Waals surface area contributed by atoms with Gasteiger partial charge in [0.15, 0.2) is 0 Å². The number of hydrogen-bond acceptors (Lipinski definition) is 1. The summed E-state index contributed by atoms with van der Waals surface area (Å²) in [6.45, 7) is 9.38. The normalized spacial score (nSPS) is 13.2. The maximum absolute atomic E-state index is 14.1. The molecular formula is C22H38FN. The average Bonchev–Trinajstić information content (AvgIpc) is 2.55. The van der Waals surface area contributed by atoms with E-state index in [1.54, 1.807) is 6.07 Å². The molecule has 138 valence electrons. The first kappa shape index (κ1) is 22.9. The van der Waals surface area contributed by atoms with Crippen LogP contribution in [-0.2, 0) is 12.8 Å². The van der Waals surface area contributed by atoms with Crippen LogP contribution in [0.4, 0.5) is 4.39 Å². The van der Waals surface area contributed by atoms with Gasteiger partial charge in [-0.25, -0.2) is 4.39 Å². The molecule has 1 N–H and O–H groups in total. The first-order chi connectivity index (χ1) is 11.2. The van der Waals surface area contributed by atoms with E-state index in [1.165, 1.54) is 25.7 Å². The lowest BCUT2D eigenvalue weighted by atomic mass is 9.82. The number of benzene rings is 1. The van der Waals surface area contributed by atoms with Crippen molar-refractivity contribution in [2.75, 3.05) is 13.6 Å². The molecule has 0 aliphatic carbocycles. The molecule has 0 aliphatic heterocycles. The molecule has 0 saturated carbocycles. The Kier molecular flexibility index (Phi) is 12.5. The predicted octanol–water partition coefficient (Wildman–Crippen LogP) is 6.17. The Hall–Kier alpha value is -1.15. The molecule has 2 heteroatoms. The van der Waals surface area contributed by atoms with Gasteiger partial charge in [-0.05, 0) is 74.7 Å². The lowest BCUT2D eigenvalue weighted by Gasteiger charge is -2.25. The Morgan fingerprint density at radius 3 is 2.38 bits per heavy atom. The zero-order valence-electron chi connectivity index (χ0n) is 15.2. The summed E-state index contributed by atoms with van der Waals surface area (Å²) in [6.07, 6.45) is 9.39. The molecule has 24 heavy (non-hydrogen) atoms. The van der Waals surface area contributed by atoms with Crippen LogP contribution in [0.5, 0.6) is 0 Å². The van der Waals surface area contributed by atoms with E-state index < -0.39 is 0 Å².